The van der Waals surface area contributed by atoms with E-state index in [1.807, 2.05) is 6.19 Å². The number of piperidine rings is 1. The fourth-order valence-electron chi connectivity index (χ4n) is 2.83. The number of rotatable bonds is 3. The average molecular weight is 382 g/mol. The maximum atomic E-state index is 14.8. The smallest absolute Gasteiger partial charge is 0.354 e. The molecule has 0 bridgehead atoms. The van der Waals surface area contributed by atoms with Crippen molar-refractivity contribution in [1.82, 2.24) is 10.1 Å². The second-order valence-corrected chi connectivity index (χ2v) is 6.20. The maximum absolute atomic E-state index is 14.8. The lowest BCUT2D eigenvalue weighted by atomic mass is 9.94. The average Bonchev–Trinajstić information content (AvgIpc) is 3.09. The van der Waals surface area contributed by atoms with E-state index in [1.54, 1.807) is 0 Å². The maximum Gasteiger partial charge on any atom is 0.416 e. The minimum atomic E-state index is -4.51. The summed E-state index contributed by atoms with van der Waals surface area (Å²) in [4.78, 5) is 13.4. The van der Waals surface area contributed by atoms with E-state index in [1.165, 1.54) is 18.2 Å². The summed E-state index contributed by atoms with van der Waals surface area (Å²) in [6, 6.07) is 5.62. The van der Waals surface area contributed by atoms with Crippen molar-refractivity contribution in [1.29, 1.82) is 5.26 Å². The van der Waals surface area contributed by atoms with Crippen molar-refractivity contribution in [3.8, 4) is 17.5 Å². The highest BCUT2D eigenvalue weighted by atomic mass is 19.4. The number of carbonyl (C=O) groups is 1. The monoisotopic (exact) mass is 382 g/mol. The number of likely N-dealkylation sites (tertiary alicyclic amines) is 1. The Morgan fingerprint density at radius 2 is 2.15 bits per heavy atom. The van der Waals surface area contributed by atoms with E-state index in [0.717, 1.165) is 17.0 Å². The number of nitrogens with one attached hydrogen (secondary N) is 1. The van der Waals surface area contributed by atoms with Crippen molar-refractivity contribution in [2.45, 2.75) is 24.7 Å². The lowest BCUT2D eigenvalue weighted by Crippen LogP contribution is -2.51. The molecule has 1 N–H and O–H groups in total. The predicted octanol–water partition coefficient (Wildman–Crippen LogP) is 3.58. The van der Waals surface area contributed by atoms with Crippen LogP contribution in [0.5, 0.6) is 0 Å². The highest BCUT2D eigenvalue weighted by Crippen LogP contribution is 2.33. The van der Waals surface area contributed by atoms with Gasteiger partial charge in [0.05, 0.1) is 12.1 Å². The number of hydrogen-bond acceptors (Lipinski definition) is 5. The Kier molecular flexibility index (Phi) is 4.78. The Bertz CT molecular complexity index is 890. The molecule has 0 unspecified atom stereocenters. The largest absolute Gasteiger partial charge is 0.416 e. The summed E-state index contributed by atoms with van der Waals surface area (Å²) in [6.07, 6.45) is -2.41. The third-order valence-electron chi connectivity index (χ3n) is 4.22. The van der Waals surface area contributed by atoms with Crippen LogP contribution in [0.1, 0.15) is 18.4 Å². The number of nitrogens with zero attached hydrogens (tertiary/aromatic N) is 3. The molecular weight excluding hydrogens is 368 g/mol. The molecule has 0 aliphatic carbocycles. The van der Waals surface area contributed by atoms with Gasteiger partial charge in [-0.1, -0.05) is 17.3 Å². The number of anilines is 1. The van der Waals surface area contributed by atoms with Gasteiger partial charge in [-0.05, 0) is 25.0 Å². The fourth-order valence-corrected chi connectivity index (χ4v) is 2.83. The van der Waals surface area contributed by atoms with Gasteiger partial charge in [0.2, 0.25) is 5.67 Å². The van der Waals surface area contributed by atoms with Crippen LogP contribution in [0.4, 0.5) is 23.4 Å². The van der Waals surface area contributed by atoms with Crippen LogP contribution >= 0.6 is 0 Å². The predicted molar refractivity (Wildman–Crippen MR) is 85.8 cm³/mol. The first kappa shape index (κ1) is 18.7. The van der Waals surface area contributed by atoms with Crippen LogP contribution in [0.3, 0.4) is 0 Å². The van der Waals surface area contributed by atoms with Gasteiger partial charge in [0.15, 0.2) is 17.8 Å². The highest BCUT2D eigenvalue weighted by Gasteiger charge is 2.43. The Balaban J connectivity index is 1.75. The number of carbonyl (C=O) groups excluding carboxylic acids is 1. The highest BCUT2D eigenvalue weighted by molar-refractivity contribution is 5.97. The first-order valence-electron chi connectivity index (χ1n) is 8.01. The third kappa shape index (κ3) is 4.02. The van der Waals surface area contributed by atoms with E-state index in [0.29, 0.717) is 13.0 Å². The van der Waals surface area contributed by atoms with E-state index in [4.69, 9.17) is 9.78 Å². The van der Waals surface area contributed by atoms with Crippen molar-refractivity contribution in [2.24, 2.45) is 0 Å². The minimum Gasteiger partial charge on any atom is -0.354 e. The van der Waals surface area contributed by atoms with E-state index in [9.17, 15) is 22.4 Å². The molecule has 1 fully saturated rings. The number of halogens is 4. The zero-order valence-corrected chi connectivity index (χ0v) is 13.9. The van der Waals surface area contributed by atoms with Crippen LogP contribution in [-0.2, 0) is 11.0 Å². The number of benzene rings is 1. The molecule has 1 aromatic carbocycles. The normalized spacial score (nSPS) is 20.2. The van der Waals surface area contributed by atoms with Crippen LogP contribution in [0.25, 0.3) is 11.3 Å². The molecule has 142 valence electrons. The molecule has 6 nitrogen and oxygen atoms in total. The van der Waals surface area contributed by atoms with Gasteiger partial charge in [0, 0.05) is 18.2 Å². The molecule has 10 heteroatoms. The molecule has 1 saturated heterocycles. The summed E-state index contributed by atoms with van der Waals surface area (Å²) < 4.78 is 58.2. The molecule has 1 amide bonds. The Morgan fingerprint density at radius 1 is 1.37 bits per heavy atom. The van der Waals surface area contributed by atoms with E-state index < -0.39 is 23.3 Å². The standard InChI is InChI=1S/C17H14F4N4O2/c18-16(5-2-6-25(9-16)10-22)15(26)23-14-8-13(27-24-14)11-3-1-4-12(7-11)17(19,20)21/h1,3-4,7-8H,2,5-6,9H2,(H,23,24,26)/t16-/m1/s1. The molecular formula is C17H14F4N4O2. The second-order valence-electron chi connectivity index (χ2n) is 6.20. The number of amides is 1. The van der Waals surface area contributed by atoms with Gasteiger partial charge in [-0.25, -0.2) is 4.39 Å². The summed E-state index contributed by atoms with van der Waals surface area (Å²) in [5, 5.41) is 14.7. The van der Waals surface area contributed by atoms with Crippen molar-refractivity contribution < 1.29 is 26.9 Å². The summed E-state index contributed by atoms with van der Waals surface area (Å²) in [7, 11) is 0. The van der Waals surface area contributed by atoms with Crippen molar-refractivity contribution >= 4 is 11.7 Å². The molecule has 2 heterocycles. The van der Waals surface area contributed by atoms with Gasteiger partial charge in [-0.15, -0.1) is 0 Å². The van der Waals surface area contributed by atoms with Crippen LogP contribution < -0.4 is 5.32 Å². The first-order valence-corrected chi connectivity index (χ1v) is 8.01. The molecule has 1 aliphatic heterocycles. The summed E-state index contributed by atoms with van der Waals surface area (Å²) in [5.41, 5.74) is -3.01. The Morgan fingerprint density at radius 3 is 2.85 bits per heavy atom. The topological polar surface area (TPSA) is 82.2 Å². The Labute approximate surface area is 151 Å². The summed E-state index contributed by atoms with van der Waals surface area (Å²) in [6.45, 7) is 0.00672. The second kappa shape index (κ2) is 6.90. The number of alkyl halides is 4. The quantitative estimate of drug-likeness (QED) is 0.648. The number of aromatic nitrogens is 1. The molecule has 1 atom stereocenters. The zero-order chi connectivity index (χ0) is 19.7. The van der Waals surface area contributed by atoms with Crippen LogP contribution in [0, 0.1) is 11.5 Å². The fraction of sp³-hybridized carbons (Fsp3) is 0.353. The molecule has 3 rings (SSSR count). The number of nitriles is 1. The van der Waals surface area contributed by atoms with Gasteiger partial charge >= 0.3 is 6.18 Å². The molecule has 0 spiro atoms. The van der Waals surface area contributed by atoms with E-state index >= 15 is 0 Å². The summed E-state index contributed by atoms with van der Waals surface area (Å²) in [5.74, 6) is -1.11. The van der Waals surface area contributed by atoms with Crippen molar-refractivity contribution in [3.05, 3.63) is 35.9 Å². The molecule has 27 heavy (non-hydrogen) atoms. The van der Waals surface area contributed by atoms with Crippen LogP contribution in [0.2, 0.25) is 0 Å². The molecule has 2 aromatic rings. The van der Waals surface area contributed by atoms with Gasteiger partial charge < -0.3 is 14.7 Å². The number of hydrogen-bond donors (Lipinski definition) is 1. The van der Waals surface area contributed by atoms with E-state index in [2.05, 4.69) is 10.5 Å². The third-order valence-corrected chi connectivity index (χ3v) is 4.22. The lowest BCUT2D eigenvalue weighted by molar-refractivity contribution is -0.137. The zero-order valence-electron chi connectivity index (χ0n) is 13.9. The minimum absolute atomic E-state index is 0.00777. The van der Waals surface area contributed by atoms with Gasteiger partial charge in [-0.3, -0.25) is 4.79 Å². The van der Waals surface area contributed by atoms with Crippen molar-refractivity contribution in [3.63, 3.8) is 0 Å². The molecule has 0 saturated carbocycles. The SMILES string of the molecule is N#CN1CCC[C@](F)(C(=O)Nc2cc(-c3cccc(C(F)(F)F)c3)on2)C1. The van der Waals surface area contributed by atoms with Crippen molar-refractivity contribution in [2.75, 3.05) is 18.4 Å². The van der Waals surface area contributed by atoms with E-state index in [-0.39, 0.29) is 30.1 Å². The molecule has 0 radical (unpaired) electrons. The van der Waals surface area contributed by atoms with Gasteiger partial charge in [0.1, 0.15) is 0 Å². The van der Waals surface area contributed by atoms with Crippen LogP contribution in [-0.4, -0.2) is 34.7 Å². The van der Waals surface area contributed by atoms with Gasteiger partial charge in [-0.2, -0.15) is 18.4 Å². The molecule has 1 aliphatic rings. The molecule has 1 aromatic heterocycles. The Hall–Kier alpha value is -3.09. The first-order chi connectivity index (χ1) is 12.7. The van der Waals surface area contributed by atoms with Gasteiger partial charge in [0.25, 0.3) is 5.91 Å². The lowest BCUT2D eigenvalue weighted by Gasteiger charge is -2.32. The summed E-state index contributed by atoms with van der Waals surface area (Å²) >= 11 is 0. The van der Waals surface area contributed by atoms with Crippen LogP contribution in [0.15, 0.2) is 34.9 Å².